The van der Waals surface area contributed by atoms with E-state index >= 15 is 0 Å². The summed E-state index contributed by atoms with van der Waals surface area (Å²) in [6.07, 6.45) is 0. The SMILES string of the molecule is c1ccc(-c2ccc(-c3nc(-c4ccc5cc6c(cc5c4)oc4ccccc46)nc(-c4cc(-c5cccc6oc7ccccc7c56)c5ccccc5c4)n3)cc2)cc1. The quantitative estimate of drug-likeness (QED) is 0.176. The molecule has 0 atom stereocenters. The highest BCUT2D eigenvalue weighted by molar-refractivity contribution is 6.16. The Morgan fingerprint density at radius 2 is 0.862 bits per heavy atom. The minimum atomic E-state index is 0.594. The maximum Gasteiger partial charge on any atom is 0.164 e. The summed E-state index contributed by atoms with van der Waals surface area (Å²) in [5.41, 5.74) is 10.6. The number of fused-ring (bicyclic) bond motifs is 8. The lowest BCUT2D eigenvalue weighted by atomic mass is 9.92. The normalized spacial score (nSPS) is 11.8. The van der Waals surface area contributed by atoms with Crippen molar-refractivity contribution in [2.45, 2.75) is 0 Å². The van der Waals surface area contributed by atoms with Crippen LogP contribution in [0.25, 0.3) is 122 Å². The summed E-state index contributed by atoms with van der Waals surface area (Å²) in [6.45, 7) is 0. The highest BCUT2D eigenvalue weighted by Crippen LogP contribution is 2.41. The smallest absolute Gasteiger partial charge is 0.164 e. The van der Waals surface area contributed by atoms with Gasteiger partial charge in [0.25, 0.3) is 0 Å². The van der Waals surface area contributed by atoms with Crippen molar-refractivity contribution in [2.75, 3.05) is 0 Å². The fraction of sp³-hybridized carbons (Fsp3) is 0. The maximum absolute atomic E-state index is 6.34. The number of rotatable bonds is 5. The zero-order valence-corrected chi connectivity index (χ0v) is 31.1. The van der Waals surface area contributed by atoms with Crippen LogP contribution in [0.2, 0.25) is 0 Å². The van der Waals surface area contributed by atoms with Gasteiger partial charge in [0.15, 0.2) is 17.5 Å². The van der Waals surface area contributed by atoms with Crippen LogP contribution in [0.15, 0.2) is 197 Å². The van der Waals surface area contributed by atoms with Gasteiger partial charge in [0, 0.05) is 38.2 Å². The van der Waals surface area contributed by atoms with E-state index in [0.29, 0.717) is 17.5 Å². The largest absolute Gasteiger partial charge is 0.456 e. The Kier molecular flexibility index (Phi) is 7.16. The second-order valence-corrected chi connectivity index (χ2v) is 14.8. The van der Waals surface area contributed by atoms with Crippen molar-refractivity contribution >= 4 is 65.4 Å². The first-order valence-corrected chi connectivity index (χ1v) is 19.4. The third kappa shape index (κ3) is 5.29. The molecule has 0 aliphatic carbocycles. The van der Waals surface area contributed by atoms with Gasteiger partial charge in [-0.3, -0.25) is 0 Å². The monoisotopic (exact) mass is 741 g/mol. The molecule has 0 unspecified atom stereocenters. The third-order valence-corrected chi connectivity index (χ3v) is 11.3. The van der Waals surface area contributed by atoms with E-state index in [-0.39, 0.29) is 0 Å². The molecule has 9 aromatic carbocycles. The van der Waals surface area contributed by atoms with Crippen molar-refractivity contribution < 1.29 is 8.83 Å². The van der Waals surface area contributed by atoms with Crippen LogP contribution < -0.4 is 0 Å². The maximum atomic E-state index is 6.34. The number of nitrogens with zero attached hydrogens (tertiary/aromatic N) is 3. The number of benzene rings is 9. The molecule has 0 fully saturated rings. The fourth-order valence-electron chi connectivity index (χ4n) is 8.47. The molecule has 3 aromatic heterocycles. The van der Waals surface area contributed by atoms with Gasteiger partial charge in [-0.2, -0.15) is 0 Å². The number of para-hydroxylation sites is 2. The summed E-state index contributed by atoms with van der Waals surface area (Å²) in [6, 6.07) is 65.2. The molecule has 58 heavy (non-hydrogen) atoms. The highest BCUT2D eigenvalue weighted by Gasteiger charge is 2.19. The van der Waals surface area contributed by atoms with E-state index < -0.39 is 0 Å². The number of hydrogen-bond acceptors (Lipinski definition) is 5. The predicted molar refractivity (Wildman–Crippen MR) is 237 cm³/mol. The molecule has 0 bridgehead atoms. The van der Waals surface area contributed by atoms with Gasteiger partial charge in [-0.15, -0.1) is 0 Å². The molecule has 0 spiro atoms. The Balaban J connectivity index is 1.06. The van der Waals surface area contributed by atoms with Crippen molar-refractivity contribution in [3.05, 3.63) is 188 Å². The first-order chi connectivity index (χ1) is 28.7. The molecular formula is C53H31N3O2. The predicted octanol–water partition coefficient (Wildman–Crippen LogP) is 14.3. The van der Waals surface area contributed by atoms with Gasteiger partial charge in [-0.25, -0.2) is 15.0 Å². The Bertz CT molecular complexity index is 3570. The average molecular weight is 742 g/mol. The van der Waals surface area contributed by atoms with Gasteiger partial charge >= 0.3 is 0 Å². The fourth-order valence-corrected chi connectivity index (χ4v) is 8.47. The molecule has 5 heteroatoms. The summed E-state index contributed by atoms with van der Waals surface area (Å²) >= 11 is 0. The number of furan rings is 2. The molecule has 12 rings (SSSR count). The molecule has 5 nitrogen and oxygen atoms in total. The lowest BCUT2D eigenvalue weighted by Gasteiger charge is -2.13. The average Bonchev–Trinajstić information content (AvgIpc) is 3.86. The van der Waals surface area contributed by atoms with E-state index in [0.717, 1.165) is 104 Å². The van der Waals surface area contributed by atoms with E-state index in [4.69, 9.17) is 23.8 Å². The first kappa shape index (κ1) is 32.4. The minimum absolute atomic E-state index is 0.594. The highest BCUT2D eigenvalue weighted by atomic mass is 16.3. The Hall–Kier alpha value is -7.89. The number of aromatic nitrogens is 3. The number of hydrogen-bond donors (Lipinski definition) is 0. The first-order valence-electron chi connectivity index (χ1n) is 19.4. The van der Waals surface area contributed by atoms with E-state index in [1.165, 1.54) is 0 Å². The molecule has 0 radical (unpaired) electrons. The van der Waals surface area contributed by atoms with Crippen molar-refractivity contribution in [3.63, 3.8) is 0 Å². The van der Waals surface area contributed by atoms with Crippen molar-refractivity contribution in [3.8, 4) is 56.4 Å². The van der Waals surface area contributed by atoms with Gasteiger partial charge < -0.3 is 8.83 Å². The molecule has 12 aromatic rings. The molecule has 0 saturated carbocycles. The summed E-state index contributed by atoms with van der Waals surface area (Å²) in [5.74, 6) is 1.79. The second-order valence-electron chi connectivity index (χ2n) is 14.8. The van der Waals surface area contributed by atoms with E-state index in [1.807, 2.05) is 42.5 Å². The standard InChI is InChI=1S/C53H31N3O2/c1-2-11-32(12-3-1)33-21-23-34(24-22-33)51-54-52(37-26-25-35-29-45-41-15-6-8-18-46(41)58-49(45)31-38(35)28-37)56-53(55-51)39-27-36-13-4-5-14-40(36)44(30-39)42-17-10-20-48-50(42)43-16-7-9-19-47(43)57-48/h1-31H. The van der Waals surface area contributed by atoms with Crippen LogP contribution in [0.5, 0.6) is 0 Å². The van der Waals surface area contributed by atoms with Gasteiger partial charge in [-0.05, 0) is 92.3 Å². The van der Waals surface area contributed by atoms with Crippen LogP contribution in [0.1, 0.15) is 0 Å². The van der Waals surface area contributed by atoms with E-state index in [9.17, 15) is 0 Å². The summed E-state index contributed by atoms with van der Waals surface area (Å²) in [7, 11) is 0. The molecular weight excluding hydrogens is 711 g/mol. The molecule has 270 valence electrons. The third-order valence-electron chi connectivity index (χ3n) is 11.3. The van der Waals surface area contributed by atoms with Crippen molar-refractivity contribution in [1.29, 1.82) is 0 Å². The molecule has 3 heterocycles. The summed E-state index contributed by atoms with van der Waals surface area (Å²) in [4.78, 5) is 15.6. The molecule has 0 N–H and O–H groups in total. The zero-order chi connectivity index (χ0) is 38.2. The minimum Gasteiger partial charge on any atom is -0.456 e. The van der Waals surface area contributed by atoms with Crippen molar-refractivity contribution in [2.24, 2.45) is 0 Å². The van der Waals surface area contributed by atoms with Crippen molar-refractivity contribution in [1.82, 2.24) is 15.0 Å². The van der Waals surface area contributed by atoms with Gasteiger partial charge in [0.05, 0.1) is 0 Å². The Labute approximate surface area is 332 Å². The van der Waals surface area contributed by atoms with Gasteiger partial charge in [0.1, 0.15) is 22.3 Å². The van der Waals surface area contributed by atoms with Crippen LogP contribution >= 0.6 is 0 Å². The molecule has 0 saturated heterocycles. The Morgan fingerprint density at radius 3 is 1.69 bits per heavy atom. The Morgan fingerprint density at radius 1 is 0.276 bits per heavy atom. The van der Waals surface area contributed by atoms with Crippen LogP contribution in [-0.2, 0) is 0 Å². The lowest BCUT2D eigenvalue weighted by molar-refractivity contribution is 0.669. The van der Waals surface area contributed by atoms with E-state index in [2.05, 4.69) is 146 Å². The van der Waals surface area contributed by atoms with Crippen LogP contribution in [0.3, 0.4) is 0 Å². The zero-order valence-electron chi connectivity index (χ0n) is 31.1. The summed E-state index contributed by atoms with van der Waals surface area (Å²) < 4.78 is 12.6. The molecule has 0 amide bonds. The molecule has 0 aliphatic rings. The molecule has 0 aliphatic heterocycles. The summed E-state index contributed by atoms with van der Waals surface area (Å²) in [5, 5.41) is 8.79. The van der Waals surface area contributed by atoms with Crippen LogP contribution in [0, 0.1) is 0 Å². The van der Waals surface area contributed by atoms with Crippen LogP contribution in [-0.4, -0.2) is 15.0 Å². The topological polar surface area (TPSA) is 65.0 Å². The lowest BCUT2D eigenvalue weighted by Crippen LogP contribution is -2.00. The van der Waals surface area contributed by atoms with Crippen LogP contribution in [0.4, 0.5) is 0 Å². The second kappa shape index (κ2) is 12.8. The van der Waals surface area contributed by atoms with Gasteiger partial charge in [0.2, 0.25) is 0 Å². The van der Waals surface area contributed by atoms with E-state index in [1.54, 1.807) is 0 Å². The van der Waals surface area contributed by atoms with Gasteiger partial charge in [-0.1, -0.05) is 140 Å².